The van der Waals surface area contributed by atoms with E-state index in [0.717, 1.165) is 60.0 Å². The molecule has 0 radical (unpaired) electrons. The lowest BCUT2D eigenvalue weighted by Gasteiger charge is -2.33. The van der Waals surface area contributed by atoms with Gasteiger partial charge in [-0.2, -0.15) is 0 Å². The summed E-state index contributed by atoms with van der Waals surface area (Å²) in [4.78, 5) is 28.9. The number of benzene rings is 3. The number of nitrogens with zero attached hydrogens (tertiary/aromatic N) is 2. The number of amides is 2. The smallest absolute Gasteiger partial charge is 0.243 e. The first-order valence-electron chi connectivity index (χ1n) is 14.3. The Morgan fingerprint density at radius 2 is 1.58 bits per heavy atom. The predicted molar refractivity (Wildman–Crippen MR) is 159 cm³/mol. The molecule has 230 valence electrons. The van der Waals surface area contributed by atoms with Crippen molar-refractivity contribution in [3.05, 3.63) is 101 Å². The van der Waals surface area contributed by atoms with Crippen LogP contribution in [-0.4, -0.2) is 50.0 Å². The third kappa shape index (κ3) is 8.82. The highest BCUT2D eigenvalue weighted by molar-refractivity contribution is 7.92. The Kier molecular flexibility index (Phi) is 10.8. The summed E-state index contributed by atoms with van der Waals surface area (Å²) in [5.41, 5.74) is 0.985. The number of rotatable bonds is 13. The zero-order valence-electron chi connectivity index (χ0n) is 24.0. The van der Waals surface area contributed by atoms with Crippen molar-refractivity contribution in [2.24, 2.45) is 0 Å². The lowest BCUT2D eigenvalue weighted by molar-refractivity contribution is -0.141. The van der Waals surface area contributed by atoms with Gasteiger partial charge in [-0.15, -0.1) is 0 Å². The molecular formula is C32H36F3N3O4S. The minimum atomic E-state index is -3.90. The quantitative estimate of drug-likeness (QED) is 0.281. The van der Waals surface area contributed by atoms with E-state index in [1.165, 1.54) is 17.0 Å². The number of carbonyl (C=O) groups excluding carboxylic acids is 2. The Hall–Kier alpha value is -3.86. The average molecular weight is 616 g/mol. The maximum atomic E-state index is 14.8. The van der Waals surface area contributed by atoms with Crippen molar-refractivity contribution < 1.29 is 31.2 Å². The van der Waals surface area contributed by atoms with Crippen LogP contribution in [0.3, 0.4) is 0 Å². The molecule has 0 bridgehead atoms. The number of nitrogens with one attached hydrogen (secondary N) is 1. The fraction of sp³-hybridized carbons (Fsp3) is 0.375. The molecule has 2 amide bonds. The number of sulfonamides is 1. The Morgan fingerprint density at radius 1 is 0.907 bits per heavy atom. The summed E-state index contributed by atoms with van der Waals surface area (Å²) in [7, 11) is -3.90. The van der Waals surface area contributed by atoms with Crippen LogP contribution in [0.5, 0.6) is 0 Å². The molecule has 0 saturated heterocycles. The Balaban J connectivity index is 1.59. The molecule has 3 aromatic rings. The van der Waals surface area contributed by atoms with Crippen molar-refractivity contribution >= 4 is 27.5 Å². The van der Waals surface area contributed by atoms with E-state index in [-0.39, 0.29) is 55.6 Å². The summed E-state index contributed by atoms with van der Waals surface area (Å²) in [6, 6.07) is 17.1. The highest BCUT2D eigenvalue weighted by atomic mass is 32.2. The first kappa shape index (κ1) is 32.1. The van der Waals surface area contributed by atoms with Gasteiger partial charge in [0, 0.05) is 43.6 Å². The molecule has 0 heterocycles. The van der Waals surface area contributed by atoms with E-state index >= 15 is 0 Å². The van der Waals surface area contributed by atoms with Gasteiger partial charge in [0.15, 0.2) is 11.6 Å². The molecular weight excluding hydrogens is 579 g/mol. The molecule has 4 rings (SSSR count). The average Bonchev–Trinajstić information content (AvgIpc) is 3.48. The summed E-state index contributed by atoms with van der Waals surface area (Å²) in [5.74, 6) is -3.63. The van der Waals surface area contributed by atoms with Crippen LogP contribution in [0.4, 0.5) is 18.9 Å². The van der Waals surface area contributed by atoms with Crippen LogP contribution in [0.25, 0.3) is 0 Å². The number of halogens is 3. The monoisotopic (exact) mass is 615 g/mol. The molecule has 0 spiro atoms. The fourth-order valence-corrected chi connectivity index (χ4v) is 6.33. The molecule has 1 aliphatic carbocycles. The number of hydrogen-bond acceptors (Lipinski definition) is 4. The van der Waals surface area contributed by atoms with Gasteiger partial charge in [-0.25, -0.2) is 21.6 Å². The molecule has 3 aromatic carbocycles. The third-order valence-electron chi connectivity index (χ3n) is 7.61. The van der Waals surface area contributed by atoms with Gasteiger partial charge >= 0.3 is 0 Å². The topological polar surface area (TPSA) is 86.8 Å². The standard InChI is InChI=1S/C32H36F3N3O4S/c1-43(41,42)38(26-17-18-28(34)29(35)21-26)19-9-16-31(39)37(22-24-12-5-8-15-27(24)33)30(20-23-10-3-2-4-11-23)32(40)36-25-13-6-7-14-25/h2-5,8,10-12,15,17-18,21,25,30H,6-7,9,13-14,16,19-20,22H2,1H3,(H,36,40)/t30-/m0/s1. The predicted octanol–water partition coefficient (Wildman–Crippen LogP) is 5.35. The normalized spacial score (nSPS) is 14.3. The van der Waals surface area contributed by atoms with E-state index in [9.17, 15) is 31.2 Å². The highest BCUT2D eigenvalue weighted by Crippen LogP contribution is 2.23. The summed E-state index contributed by atoms with van der Waals surface area (Å²) in [5, 5.41) is 3.08. The zero-order valence-corrected chi connectivity index (χ0v) is 24.8. The van der Waals surface area contributed by atoms with Gasteiger partial charge < -0.3 is 10.2 Å². The van der Waals surface area contributed by atoms with Gasteiger partial charge in [-0.3, -0.25) is 13.9 Å². The maximum Gasteiger partial charge on any atom is 0.243 e. The van der Waals surface area contributed by atoms with Crippen molar-refractivity contribution in [3.63, 3.8) is 0 Å². The number of anilines is 1. The second-order valence-electron chi connectivity index (χ2n) is 10.8. The van der Waals surface area contributed by atoms with E-state index in [1.807, 2.05) is 30.3 Å². The van der Waals surface area contributed by atoms with Crippen LogP contribution in [0.2, 0.25) is 0 Å². The molecule has 0 aromatic heterocycles. The van der Waals surface area contributed by atoms with E-state index in [1.54, 1.807) is 12.1 Å². The van der Waals surface area contributed by atoms with Crippen LogP contribution in [-0.2, 0) is 32.6 Å². The van der Waals surface area contributed by atoms with Crippen LogP contribution in [0.1, 0.15) is 49.7 Å². The van der Waals surface area contributed by atoms with Crippen molar-refractivity contribution in [3.8, 4) is 0 Å². The Labute approximate surface area is 250 Å². The van der Waals surface area contributed by atoms with Gasteiger partial charge in [-0.1, -0.05) is 61.4 Å². The van der Waals surface area contributed by atoms with Crippen LogP contribution < -0.4 is 9.62 Å². The van der Waals surface area contributed by atoms with Crippen molar-refractivity contribution in [2.75, 3.05) is 17.1 Å². The van der Waals surface area contributed by atoms with Gasteiger partial charge in [0.05, 0.1) is 11.9 Å². The SMILES string of the molecule is CS(=O)(=O)N(CCCC(=O)N(Cc1ccccc1F)[C@@H](Cc1ccccc1)C(=O)NC1CCCC1)c1ccc(F)c(F)c1. The summed E-state index contributed by atoms with van der Waals surface area (Å²) in [6.45, 7) is -0.360. The summed E-state index contributed by atoms with van der Waals surface area (Å²) >= 11 is 0. The van der Waals surface area contributed by atoms with Crippen molar-refractivity contribution in [1.82, 2.24) is 10.2 Å². The summed E-state index contributed by atoms with van der Waals surface area (Å²) in [6.07, 6.45) is 4.66. The molecule has 7 nitrogen and oxygen atoms in total. The molecule has 0 unspecified atom stereocenters. The van der Waals surface area contributed by atoms with Gasteiger partial charge in [0.1, 0.15) is 11.9 Å². The second kappa shape index (κ2) is 14.5. The molecule has 11 heteroatoms. The minimum absolute atomic E-state index is 0.00406. The molecule has 0 aliphatic heterocycles. The van der Waals surface area contributed by atoms with E-state index in [2.05, 4.69) is 5.32 Å². The first-order valence-corrected chi connectivity index (χ1v) is 16.2. The third-order valence-corrected chi connectivity index (χ3v) is 8.81. The molecule has 1 aliphatic rings. The lowest BCUT2D eigenvalue weighted by Crippen LogP contribution is -2.52. The van der Waals surface area contributed by atoms with Crippen LogP contribution in [0, 0.1) is 17.5 Å². The molecule has 1 N–H and O–H groups in total. The van der Waals surface area contributed by atoms with Gasteiger partial charge in [-0.05, 0) is 43.0 Å². The molecule has 1 atom stereocenters. The van der Waals surface area contributed by atoms with Crippen molar-refractivity contribution in [2.45, 2.75) is 63.6 Å². The van der Waals surface area contributed by atoms with Crippen LogP contribution >= 0.6 is 0 Å². The first-order chi connectivity index (χ1) is 20.5. The molecule has 43 heavy (non-hydrogen) atoms. The van der Waals surface area contributed by atoms with Crippen LogP contribution in [0.15, 0.2) is 72.8 Å². The van der Waals surface area contributed by atoms with E-state index < -0.39 is 39.4 Å². The van der Waals surface area contributed by atoms with Gasteiger partial charge in [0.2, 0.25) is 21.8 Å². The highest BCUT2D eigenvalue weighted by Gasteiger charge is 2.32. The maximum absolute atomic E-state index is 14.8. The Morgan fingerprint density at radius 3 is 2.23 bits per heavy atom. The van der Waals surface area contributed by atoms with E-state index in [0.29, 0.717) is 0 Å². The fourth-order valence-electron chi connectivity index (χ4n) is 5.38. The Bertz CT molecular complexity index is 1520. The van der Waals surface area contributed by atoms with Crippen molar-refractivity contribution in [1.29, 1.82) is 0 Å². The minimum Gasteiger partial charge on any atom is -0.352 e. The van der Waals surface area contributed by atoms with E-state index in [4.69, 9.17) is 0 Å². The second-order valence-corrected chi connectivity index (χ2v) is 12.8. The molecule has 1 saturated carbocycles. The number of hydrogen-bond donors (Lipinski definition) is 1. The lowest BCUT2D eigenvalue weighted by atomic mass is 10.0. The largest absolute Gasteiger partial charge is 0.352 e. The summed E-state index contributed by atoms with van der Waals surface area (Å²) < 4.78 is 68.1. The number of carbonyl (C=O) groups is 2. The van der Waals surface area contributed by atoms with Gasteiger partial charge in [0.25, 0.3) is 0 Å². The zero-order chi connectivity index (χ0) is 31.0. The molecule has 1 fully saturated rings.